The van der Waals surface area contributed by atoms with Crippen LogP contribution in [-0.2, 0) is 0 Å². The number of esters is 1. The van der Waals surface area contributed by atoms with Crippen LogP contribution in [-0.4, -0.2) is 23.3 Å². The minimum Gasteiger partial charge on any atom is -0.423 e. The van der Waals surface area contributed by atoms with Crippen molar-refractivity contribution in [2.75, 3.05) is 0 Å². The molecule has 1 aliphatic rings. The molecular formula is C22H25N3O2S. The molecule has 0 spiro atoms. The zero-order chi connectivity index (χ0) is 19.8. The number of nitrogens with zero attached hydrogens (tertiary/aromatic N) is 1. The monoisotopic (exact) mass is 395 g/mol. The second-order valence-electron chi connectivity index (χ2n) is 6.95. The van der Waals surface area contributed by atoms with Crippen LogP contribution < -0.4 is 15.5 Å². The lowest BCUT2D eigenvalue weighted by atomic mass is 9.96. The van der Waals surface area contributed by atoms with Gasteiger partial charge in [0.05, 0.1) is 11.8 Å². The minimum absolute atomic E-state index is 0.361. The molecule has 0 atom stereocenters. The van der Waals surface area contributed by atoms with Crippen LogP contribution in [0.2, 0.25) is 0 Å². The van der Waals surface area contributed by atoms with Crippen LogP contribution in [0.15, 0.2) is 53.6 Å². The SMILES string of the molecule is Cc1ccccc1C(=O)Oc1ccc(/C=N\NC(=S)NC2CCCCC2)cc1. The van der Waals surface area contributed by atoms with Crippen LogP contribution in [0.4, 0.5) is 0 Å². The zero-order valence-corrected chi connectivity index (χ0v) is 16.8. The van der Waals surface area contributed by atoms with Gasteiger partial charge in [0, 0.05) is 6.04 Å². The molecule has 1 fully saturated rings. The fourth-order valence-electron chi connectivity index (χ4n) is 3.22. The zero-order valence-electron chi connectivity index (χ0n) is 16.0. The first-order valence-corrected chi connectivity index (χ1v) is 10.00. The summed E-state index contributed by atoms with van der Waals surface area (Å²) in [6.45, 7) is 1.89. The first-order chi connectivity index (χ1) is 13.6. The summed E-state index contributed by atoms with van der Waals surface area (Å²) < 4.78 is 5.43. The van der Waals surface area contributed by atoms with E-state index in [1.54, 1.807) is 24.4 Å². The lowest BCUT2D eigenvalue weighted by molar-refractivity contribution is 0.0734. The van der Waals surface area contributed by atoms with Crippen molar-refractivity contribution in [3.05, 3.63) is 65.2 Å². The van der Waals surface area contributed by atoms with Gasteiger partial charge >= 0.3 is 5.97 Å². The minimum atomic E-state index is -0.361. The molecule has 0 heterocycles. The van der Waals surface area contributed by atoms with Crippen molar-refractivity contribution < 1.29 is 9.53 Å². The molecule has 146 valence electrons. The summed E-state index contributed by atoms with van der Waals surface area (Å²) in [5.41, 5.74) is 5.19. The van der Waals surface area contributed by atoms with Gasteiger partial charge in [0.2, 0.25) is 0 Å². The topological polar surface area (TPSA) is 62.7 Å². The number of rotatable bonds is 5. The van der Waals surface area contributed by atoms with Crippen LogP contribution in [0.1, 0.15) is 53.6 Å². The largest absolute Gasteiger partial charge is 0.423 e. The Balaban J connectivity index is 1.48. The Hall–Kier alpha value is -2.73. The van der Waals surface area contributed by atoms with Gasteiger partial charge in [-0.15, -0.1) is 0 Å². The summed E-state index contributed by atoms with van der Waals surface area (Å²) in [7, 11) is 0. The Bertz CT molecular complexity index is 843. The van der Waals surface area contributed by atoms with Crippen LogP contribution in [0, 0.1) is 6.92 Å². The second-order valence-corrected chi connectivity index (χ2v) is 7.36. The van der Waals surface area contributed by atoms with E-state index in [9.17, 15) is 4.79 Å². The average molecular weight is 396 g/mol. The summed E-state index contributed by atoms with van der Waals surface area (Å²) in [5.74, 6) is 0.133. The number of thiocarbonyl (C=S) groups is 1. The normalized spacial score (nSPS) is 14.6. The molecular weight excluding hydrogens is 370 g/mol. The van der Waals surface area contributed by atoms with E-state index in [0.29, 0.717) is 22.5 Å². The van der Waals surface area contributed by atoms with Crippen molar-refractivity contribution in [3.63, 3.8) is 0 Å². The quantitative estimate of drug-likeness (QED) is 0.259. The maximum Gasteiger partial charge on any atom is 0.343 e. The van der Waals surface area contributed by atoms with E-state index in [2.05, 4.69) is 15.8 Å². The highest BCUT2D eigenvalue weighted by Gasteiger charge is 2.13. The second kappa shape index (κ2) is 9.99. The van der Waals surface area contributed by atoms with Crippen LogP contribution in [0.3, 0.4) is 0 Å². The summed E-state index contributed by atoms with van der Waals surface area (Å²) >= 11 is 5.28. The molecule has 6 heteroatoms. The summed E-state index contributed by atoms with van der Waals surface area (Å²) in [6, 6.07) is 15.0. The number of benzene rings is 2. The number of hydrazone groups is 1. The molecule has 0 amide bonds. The molecule has 0 bridgehead atoms. The van der Waals surface area contributed by atoms with Crippen molar-refractivity contribution in [1.29, 1.82) is 0 Å². The molecule has 1 saturated carbocycles. The van der Waals surface area contributed by atoms with Crippen molar-refractivity contribution in [3.8, 4) is 5.75 Å². The summed E-state index contributed by atoms with van der Waals surface area (Å²) in [5, 5.41) is 8.02. The third kappa shape index (κ3) is 5.89. The molecule has 3 rings (SSSR count). The van der Waals surface area contributed by atoms with Crippen LogP contribution in [0.5, 0.6) is 5.75 Å². The number of hydrogen-bond donors (Lipinski definition) is 2. The Morgan fingerprint density at radius 3 is 2.54 bits per heavy atom. The molecule has 2 aromatic carbocycles. The maximum absolute atomic E-state index is 12.3. The van der Waals surface area contributed by atoms with E-state index < -0.39 is 0 Å². The van der Waals surface area contributed by atoms with Gasteiger partial charge in [0.15, 0.2) is 5.11 Å². The highest BCUT2D eigenvalue weighted by molar-refractivity contribution is 7.80. The fourth-order valence-corrected chi connectivity index (χ4v) is 3.44. The van der Waals surface area contributed by atoms with Gasteiger partial charge in [-0.3, -0.25) is 5.43 Å². The molecule has 0 aromatic heterocycles. The Kier molecular flexibility index (Phi) is 7.14. The fraction of sp³-hybridized carbons (Fsp3) is 0.318. The molecule has 5 nitrogen and oxygen atoms in total. The Labute approximate surface area is 171 Å². The highest BCUT2D eigenvalue weighted by Crippen LogP contribution is 2.17. The highest BCUT2D eigenvalue weighted by atomic mass is 32.1. The summed E-state index contributed by atoms with van der Waals surface area (Å²) in [4.78, 5) is 12.3. The Morgan fingerprint density at radius 2 is 1.82 bits per heavy atom. The van der Waals surface area contributed by atoms with Crippen molar-refractivity contribution in [2.24, 2.45) is 5.10 Å². The first-order valence-electron chi connectivity index (χ1n) is 9.59. The number of aryl methyl sites for hydroxylation is 1. The van der Waals surface area contributed by atoms with Crippen molar-refractivity contribution in [1.82, 2.24) is 10.7 Å². The van der Waals surface area contributed by atoms with Gasteiger partial charge in [-0.1, -0.05) is 37.5 Å². The third-order valence-electron chi connectivity index (χ3n) is 4.78. The van der Waals surface area contributed by atoms with Gasteiger partial charge in [-0.2, -0.15) is 5.10 Å². The predicted octanol–water partition coefficient (Wildman–Crippen LogP) is 4.34. The first kappa shape index (κ1) is 20.0. The van der Waals surface area contributed by atoms with Gasteiger partial charge in [0.25, 0.3) is 0 Å². The van der Waals surface area contributed by atoms with E-state index in [1.165, 1.54) is 19.3 Å². The molecule has 1 aliphatic carbocycles. The number of carbonyl (C=O) groups is 1. The molecule has 28 heavy (non-hydrogen) atoms. The number of hydrogen-bond acceptors (Lipinski definition) is 4. The standard InChI is InChI=1S/C22H25N3O2S/c1-16-7-5-6-10-20(16)21(26)27-19-13-11-17(12-14-19)15-23-25-22(28)24-18-8-3-2-4-9-18/h5-7,10-15,18H,2-4,8-9H2,1H3,(H2,24,25,28)/b23-15-. The molecule has 0 unspecified atom stereocenters. The lowest BCUT2D eigenvalue weighted by Crippen LogP contribution is -2.40. The molecule has 0 saturated heterocycles. The lowest BCUT2D eigenvalue weighted by Gasteiger charge is -2.23. The number of ether oxygens (including phenoxy) is 1. The molecule has 0 radical (unpaired) electrons. The van der Waals surface area contributed by atoms with Gasteiger partial charge in [-0.25, -0.2) is 4.79 Å². The van der Waals surface area contributed by atoms with Crippen molar-refractivity contribution >= 4 is 29.5 Å². The average Bonchev–Trinajstić information content (AvgIpc) is 2.70. The molecule has 2 N–H and O–H groups in total. The summed E-state index contributed by atoms with van der Waals surface area (Å²) in [6.07, 6.45) is 7.83. The van der Waals surface area contributed by atoms with E-state index in [4.69, 9.17) is 17.0 Å². The van der Waals surface area contributed by atoms with Gasteiger partial charge < -0.3 is 10.1 Å². The smallest absolute Gasteiger partial charge is 0.343 e. The van der Waals surface area contributed by atoms with Gasteiger partial charge in [-0.05, 0) is 73.4 Å². The third-order valence-corrected chi connectivity index (χ3v) is 4.98. The number of nitrogens with one attached hydrogen (secondary N) is 2. The van der Waals surface area contributed by atoms with E-state index in [1.807, 2.05) is 37.3 Å². The van der Waals surface area contributed by atoms with E-state index in [-0.39, 0.29) is 5.97 Å². The Morgan fingerprint density at radius 1 is 1.11 bits per heavy atom. The van der Waals surface area contributed by atoms with Crippen LogP contribution in [0.25, 0.3) is 0 Å². The maximum atomic E-state index is 12.3. The number of carbonyl (C=O) groups excluding carboxylic acids is 1. The van der Waals surface area contributed by atoms with Crippen LogP contribution >= 0.6 is 12.2 Å². The molecule has 2 aromatic rings. The van der Waals surface area contributed by atoms with Crippen molar-refractivity contribution in [2.45, 2.75) is 45.1 Å². The van der Waals surface area contributed by atoms with E-state index in [0.717, 1.165) is 24.0 Å². The van der Waals surface area contributed by atoms with Gasteiger partial charge in [0.1, 0.15) is 5.75 Å². The van der Waals surface area contributed by atoms with E-state index >= 15 is 0 Å². The molecule has 0 aliphatic heterocycles. The predicted molar refractivity (Wildman–Crippen MR) is 116 cm³/mol.